The fourth-order valence-electron chi connectivity index (χ4n) is 2.35. The molecule has 1 N–H and O–H groups in total. The number of carbonyl (C=O) groups is 1. The fourth-order valence-corrected chi connectivity index (χ4v) is 2.35. The monoisotopic (exact) mass is 257 g/mol. The molecule has 0 spiro atoms. The van der Waals surface area contributed by atoms with Gasteiger partial charge < -0.3 is 10.2 Å². The number of nitriles is 1. The van der Waals surface area contributed by atoms with E-state index >= 15 is 0 Å². The molecule has 1 atom stereocenters. The maximum Gasteiger partial charge on any atom is 0.240 e. The summed E-state index contributed by atoms with van der Waals surface area (Å²) in [5, 5.41) is 11.9. The molecule has 0 aliphatic carbocycles. The summed E-state index contributed by atoms with van der Waals surface area (Å²) in [6, 6.07) is 11.9. The van der Waals surface area contributed by atoms with Crippen LogP contribution in [-0.2, 0) is 11.2 Å². The van der Waals surface area contributed by atoms with Crippen LogP contribution in [0.25, 0.3) is 0 Å². The topological polar surface area (TPSA) is 56.1 Å². The first kappa shape index (κ1) is 13.6. The maximum absolute atomic E-state index is 12.3. The second-order valence-electron chi connectivity index (χ2n) is 4.78. The van der Waals surface area contributed by atoms with Gasteiger partial charge in [0.25, 0.3) is 0 Å². The van der Waals surface area contributed by atoms with Crippen LogP contribution in [0.2, 0.25) is 0 Å². The summed E-state index contributed by atoms with van der Waals surface area (Å²) in [4.78, 5) is 14.2. The largest absolute Gasteiger partial charge is 0.341 e. The van der Waals surface area contributed by atoms with Gasteiger partial charge in [0.05, 0.1) is 18.5 Å². The maximum atomic E-state index is 12.3. The van der Waals surface area contributed by atoms with E-state index in [9.17, 15) is 4.79 Å². The van der Waals surface area contributed by atoms with Gasteiger partial charge in [-0.05, 0) is 24.9 Å². The van der Waals surface area contributed by atoms with Gasteiger partial charge >= 0.3 is 0 Å². The minimum absolute atomic E-state index is 0.0648. The highest BCUT2D eigenvalue weighted by Crippen LogP contribution is 2.08. The lowest BCUT2D eigenvalue weighted by atomic mass is 10.1. The van der Waals surface area contributed by atoms with Gasteiger partial charge in [0.15, 0.2) is 0 Å². The minimum Gasteiger partial charge on any atom is -0.341 e. The first-order chi connectivity index (χ1) is 9.31. The molecule has 100 valence electrons. The number of hydrogen-bond donors (Lipinski definition) is 1. The van der Waals surface area contributed by atoms with Gasteiger partial charge in [-0.25, -0.2) is 0 Å². The van der Waals surface area contributed by atoms with Crippen molar-refractivity contribution in [3.05, 3.63) is 35.9 Å². The molecule has 4 heteroatoms. The van der Waals surface area contributed by atoms with E-state index in [0.717, 1.165) is 32.5 Å². The molecule has 1 fully saturated rings. The number of carbonyl (C=O) groups excluding carboxylic acids is 1. The molecule has 19 heavy (non-hydrogen) atoms. The van der Waals surface area contributed by atoms with Crippen LogP contribution >= 0.6 is 0 Å². The number of amides is 1. The smallest absolute Gasteiger partial charge is 0.240 e. The zero-order chi connectivity index (χ0) is 13.5. The summed E-state index contributed by atoms with van der Waals surface area (Å²) >= 11 is 0. The van der Waals surface area contributed by atoms with Crippen LogP contribution in [0.1, 0.15) is 18.4 Å². The Hall–Kier alpha value is -1.86. The van der Waals surface area contributed by atoms with Crippen molar-refractivity contribution in [2.45, 2.75) is 25.3 Å². The van der Waals surface area contributed by atoms with Gasteiger partial charge in [-0.15, -0.1) is 0 Å². The van der Waals surface area contributed by atoms with Crippen molar-refractivity contribution >= 4 is 5.91 Å². The Kier molecular flexibility index (Phi) is 4.93. The van der Waals surface area contributed by atoms with Gasteiger partial charge in [0.1, 0.15) is 0 Å². The van der Waals surface area contributed by atoms with E-state index in [1.165, 1.54) is 5.56 Å². The SMILES string of the molecule is N#CCC1NCCCN(CCc2ccccc2)C1=O. The molecule has 1 heterocycles. The number of nitrogens with one attached hydrogen (secondary N) is 1. The number of rotatable bonds is 4. The van der Waals surface area contributed by atoms with Crippen LogP contribution < -0.4 is 5.32 Å². The molecule has 1 aromatic rings. The lowest BCUT2D eigenvalue weighted by molar-refractivity contribution is -0.132. The Bertz CT molecular complexity index is 452. The summed E-state index contributed by atoms with van der Waals surface area (Å²) < 4.78 is 0. The summed E-state index contributed by atoms with van der Waals surface area (Å²) in [5.74, 6) is 0.0648. The third kappa shape index (κ3) is 3.80. The standard InChI is InChI=1S/C15H19N3O/c16-9-7-14-15(19)18(11-4-10-17-14)12-8-13-5-2-1-3-6-13/h1-3,5-6,14,17H,4,7-8,10-12H2. The average molecular weight is 257 g/mol. The normalized spacial score (nSPS) is 19.8. The molecule has 0 bridgehead atoms. The molecule has 1 aliphatic rings. The molecule has 2 rings (SSSR count). The van der Waals surface area contributed by atoms with Crippen molar-refractivity contribution in [1.29, 1.82) is 5.26 Å². The zero-order valence-electron chi connectivity index (χ0n) is 11.0. The summed E-state index contributed by atoms with van der Waals surface area (Å²) in [6.45, 7) is 2.31. The first-order valence-corrected chi connectivity index (χ1v) is 6.74. The van der Waals surface area contributed by atoms with Crippen LogP contribution in [0.15, 0.2) is 30.3 Å². The van der Waals surface area contributed by atoms with E-state index < -0.39 is 0 Å². The highest BCUT2D eigenvalue weighted by atomic mass is 16.2. The quantitative estimate of drug-likeness (QED) is 0.885. The zero-order valence-corrected chi connectivity index (χ0v) is 11.0. The number of hydrogen-bond acceptors (Lipinski definition) is 3. The van der Waals surface area contributed by atoms with Gasteiger partial charge in [-0.2, -0.15) is 5.26 Å². The lowest BCUT2D eigenvalue weighted by Gasteiger charge is -2.23. The van der Waals surface area contributed by atoms with Crippen LogP contribution in [0.3, 0.4) is 0 Å². The Morgan fingerprint density at radius 3 is 2.89 bits per heavy atom. The predicted molar refractivity (Wildman–Crippen MR) is 73.4 cm³/mol. The van der Waals surface area contributed by atoms with Gasteiger partial charge in [-0.1, -0.05) is 30.3 Å². The van der Waals surface area contributed by atoms with E-state index in [0.29, 0.717) is 0 Å². The van der Waals surface area contributed by atoms with E-state index in [-0.39, 0.29) is 18.4 Å². The fraction of sp³-hybridized carbons (Fsp3) is 0.467. The minimum atomic E-state index is -0.330. The van der Waals surface area contributed by atoms with Crippen LogP contribution in [0, 0.1) is 11.3 Å². The molecule has 1 amide bonds. The Labute approximate surface area is 114 Å². The summed E-state index contributed by atoms with van der Waals surface area (Å²) in [6.07, 6.45) is 2.06. The molecule has 0 saturated carbocycles. The highest BCUT2D eigenvalue weighted by Gasteiger charge is 2.25. The second-order valence-corrected chi connectivity index (χ2v) is 4.78. The lowest BCUT2D eigenvalue weighted by Crippen LogP contribution is -2.44. The molecule has 0 aromatic heterocycles. The Balaban J connectivity index is 1.94. The molecule has 1 saturated heterocycles. The third-order valence-corrected chi connectivity index (χ3v) is 3.41. The second kappa shape index (κ2) is 6.91. The van der Waals surface area contributed by atoms with Crippen molar-refractivity contribution in [2.75, 3.05) is 19.6 Å². The van der Waals surface area contributed by atoms with Gasteiger partial charge in [0.2, 0.25) is 5.91 Å². The molecular formula is C15H19N3O. The molecular weight excluding hydrogens is 238 g/mol. The number of benzene rings is 1. The van der Waals surface area contributed by atoms with Crippen molar-refractivity contribution in [1.82, 2.24) is 10.2 Å². The third-order valence-electron chi connectivity index (χ3n) is 3.41. The van der Waals surface area contributed by atoms with Crippen LogP contribution in [0.5, 0.6) is 0 Å². The van der Waals surface area contributed by atoms with E-state index in [1.54, 1.807) is 0 Å². The highest BCUT2D eigenvalue weighted by molar-refractivity contribution is 5.82. The van der Waals surface area contributed by atoms with Gasteiger partial charge in [0, 0.05) is 13.1 Å². The molecule has 1 unspecified atom stereocenters. The first-order valence-electron chi connectivity index (χ1n) is 6.74. The predicted octanol–water partition coefficient (Wildman–Crippen LogP) is 1.33. The summed E-state index contributed by atoms with van der Waals surface area (Å²) in [7, 11) is 0. The Morgan fingerprint density at radius 2 is 2.16 bits per heavy atom. The molecule has 1 aromatic carbocycles. The van der Waals surface area contributed by atoms with Crippen LogP contribution in [0.4, 0.5) is 0 Å². The van der Waals surface area contributed by atoms with E-state index in [1.807, 2.05) is 23.1 Å². The van der Waals surface area contributed by atoms with Crippen molar-refractivity contribution in [2.24, 2.45) is 0 Å². The number of nitrogens with zero attached hydrogens (tertiary/aromatic N) is 2. The molecule has 4 nitrogen and oxygen atoms in total. The van der Waals surface area contributed by atoms with E-state index in [4.69, 9.17) is 5.26 Å². The van der Waals surface area contributed by atoms with Gasteiger partial charge in [-0.3, -0.25) is 4.79 Å². The molecule has 0 radical (unpaired) electrons. The Morgan fingerprint density at radius 1 is 1.37 bits per heavy atom. The van der Waals surface area contributed by atoms with Crippen molar-refractivity contribution in [3.63, 3.8) is 0 Å². The summed E-state index contributed by atoms with van der Waals surface area (Å²) in [5.41, 5.74) is 1.24. The van der Waals surface area contributed by atoms with Crippen molar-refractivity contribution in [3.8, 4) is 6.07 Å². The molecule has 1 aliphatic heterocycles. The average Bonchev–Trinajstić information content (AvgIpc) is 2.61. The van der Waals surface area contributed by atoms with Crippen molar-refractivity contribution < 1.29 is 4.79 Å². The van der Waals surface area contributed by atoms with E-state index in [2.05, 4.69) is 23.5 Å². The van der Waals surface area contributed by atoms with Crippen LogP contribution in [-0.4, -0.2) is 36.5 Å².